The van der Waals surface area contributed by atoms with Crippen molar-refractivity contribution in [2.75, 3.05) is 72.4 Å². The molecule has 0 amide bonds. The Hall–Kier alpha value is -6.77. The molecule has 0 bridgehead atoms. The van der Waals surface area contributed by atoms with Gasteiger partial charge in [0.25, 0.3) is 0 Å². The average molecular weight is 791 g/mol. The van der Waals surface area contributed by atoms with Crippen molar-refractivity contribution < 1.29 is 31.1 Å². The van der Waals surface area contributed by atoms with E-state index in [1.54, 1.807) is 24.3 Å². The Morgan fingerprint density at radius 3 is 1.18 bits per heavy atom. The molecule has 6 rings (SSSR count). The van der Waals surface area contributed by atoms with Gasteiger partial charge in [-0.05, 0) is 102 Å². The van der Waals surface area contributed by atoms with Gasteiger partial charge in [-0.3, -0.25) is 4.79 Å². The first-order chi connectivity index (χ1) is 26.5. The van der Waals surface area contributed by atoms with Crippen LogP contribution in [-0.2, 0) is 18.8 Å². The van der Waals surface area contributed by atoms with Crippen LogP contribution in [0.3, 0.4) is 0 Å². The van der Waals surface area contributed by atoms with Crippen LogP contribution in [0.2, 0.25) is 0 Å². The van der Waals surface area contributed by atoms with E-state index in [2.05, 4.69) is 0 Å². The molecule has 0 unspecified atom stereocenters. The van der Waals surface area contributed by atoms with Crippen LogP contribution in [0.4, 0.5) is 71.8 Å². The summed E-state index contributed by atoms with van der Waals surface area (Å²) in [6.07, 6.45) is -9.32. The second kappa shape index (κ2) is 17.4. The number of rotatable bonds is 6. The molecule has 0 fully saturated rings. The molecule has 6 aromatic carbocycles. The second-order valence-electron chi connectivity index (χ2n) is 13.6. The minimum Gasteiger partial charge on any atom is -0.399 e. The molecule has 0 aliphatic carbocycles. The van der Waals surface area contributed by atoms with Gasteiger partial charge in [0, 0.05) is 72.8 Å². The SMILES string of the molecule is CN(C)c1ccc(C(=O)c2ccc(N(C)C)c(N)c2)cc1N.Nc1cc(Cc2cc(N)cc(C(F)(F)F)c2)cc(C(F)(F)F)c1.Nc1cccc2c(N)cccc12. The van der Waals surface area contributed by atoms with Gasteiger partial charge in [-0.1, -0.05) is 24.3 Å². The number of ketones is 1. The number of hydrogen-bond acceptors (Lipinski definition) is 9. The van der Waals surface area contributed by atoms with Crippen LogP contribution in [0, 0.1) is 0 Å². The van der Waals surface area contributed by atoms with E-state index >= 15 is 0 Å². The zero-order valence-electron chi connectivity index (χ0n) is 31.6. The number of carbonyl (C=O) groups excluding carboxylic acids is 1. The predicted octanol–water partition coefficient (Wildman–Crippen LogP) is 8.70. The topological polar surface area (TPSA) is 180 Å². The smallest absolute Gasteiger partial charge is 0.399 e. The number of carbonyl (C=O) groups is 1. The van der Waals surface area contributed by atoms with E-state index in [1.807, 2.05) is 86.5 Å². The highest BCUT2D eigenvalue weighted by atomic mass is 19.4. The molecule has 0 spiro atoms. The van der Waals surface area contributed by atoms with Crippen molar-refractivity contribution >= 4 is 62.1 Å². The van der Waals surface area contributed by atoms with Crippen LogP contribution in [-0.4, -0.2) is 34.0 Å². The molecule has 9 nitrogen and oxygen atoms in total. The molecule has 0 heterocycles. The fraction of sp³-hybridized carbons (Fsp3) is 0.167. The van der Waals surface area contributed by atoms with Crippen molar-refractivity contribution in [1.82, 2.24) is 0 Å². The fourth-order valence-electron chi connectivity index (χ4n) is 5.94. The average Bonchev–Trinajstić information content (AvgIpc) is 3.11. The first-order valence-corrected chi connectivity index (χ1v) is 17.2. The molecule has 6 aromatic rings. The number of anilines is 8. The number of benzene rings is 6. The van der Waals surface area contributed by atoms with E-state index in [1.165, 1.54) is 12.1 Å². The third-order valence-electron chi connectivity index (χ3n) is 8.63. The second-order valence-corrected chi connectivity index (χ2v) is 13.6. The van der Waals surface area contributed by atoms with E-state index in [4.69, 9.17) is 34.4 Å². The lowest BCUT2D eigenvalue weighted by Gasteiger charge is -2.17. The molecule has 0 atom stereocenters. The Morgan fingerprint density at radius 1 is 0.491 bits per heavy atom. The van der Waals surface area contributed by atoms with Crippen LogP contribution in [0.15, 0.2) is 109 Å². The molecule has 0 saturated carbocycles. The predicted molar refractivity (Wildman–Crippen MR) is 221 cm³/mol. The van der Waals surface area contributed by atoms with Gasteiger partial charge in [0.15, 0.2) is 5.78 Å². The molecular formula is C42H44F6N8O. The monoisotopic (exact) mass is 790 g/mol. The first kappa shape index (κ1) is 43.0. The molecule has 12 N–H and O–H groups in total. The summed E-state index contributed by atoms with van der Waals surface area (Å²) in [4.78, 5) is 16.4. The number of nitrogens with zero attached hydrogens (tertiary/aromatic N) is 2. The molecule has 15 heteroatoms. The quantitative estimate of drug-likeness (QED) is 0.0547. The zero-order chi connectivity index (χ0) is 42.4. The van der Waals surface area contributed by atoms with Gasteiger partial charge < -0.3 is 44.2 Å². The lowest BCUT2D eigenvalue weighted by Crippen LogP contribution is -2.13. The van der Waals surface area contributed by atoms with Crippen molar-refractivity contribution in [2.45, 2.75) is 18.8 Å². The summed E-state index contributed by atoms with van der Waals surface area (Å²) in [7, 11) is 7.64. The highest BCUT2D eigenvalue weighted by molar-refractivity contribution is 6.10. The molecule has 0 saturated heterocycles. The zero-order valence-corrected chi connectivity index (χ0v) is 31.6. The summed E-state index contributed by atoms with van der Waals surface area (Å²) in [5.74, 6) is -0.0889. The Labute approximate surface area is 326 Å². The largest absolute Gasteiger partial charge is 0.416 e. The first-order valence-electron chi connectivity index (χ1n) is 17.2. The van der Waals surface area contributed by atoms with Crippen molar-refractivity contribution in [1.29, 1.82) is 0 Å². The number of hydrogen-bond donors (Lipinski definition) is 6. The number of alkyl halides is 6. The number of nitrogen functional groups attached to an aromatic ring is 6. The summed E-state index contributed by atoms with van der Waals surface area (Å²) < 4.78 is 76.5. The van der Waals surface area contributed by atoms with Crippen LogP contribution < -0.4 is 44.2 Å². The van der Waals surface area contributed by atoms with E-state index in [-0.39, 0.29) is 34.7 Å². The van der Waals surface area contributed by atoms with Gasteiger partial charge in [0.2, 0.25) is 0 Å². The van der Waals surface area contributed by atoms with Crippen LogP contribution in [0.25, 0.3) is 10.8 Å². The maximum absolute atomic E-state index is 12.7. The lowest BCUT2D eigenvalue weighted by molar-refractivity contribution is -0.138. The normalized spacial score (nSPS) is 11.2. The van der Waals surface area contributed by atoms with Crippen LogP contribution >= 0.6 is 0 Å². The lowest BCUT2D eigenvalue weighted by atomic mass is 9.99. The van der Waals surface area contributed by atoms with Crippen LogP contribution in [0.1, 0.15) is 38.2 Å². The van der Waals surface area contributed by atoms with Crippen molar-refractivity contribution in [2.24, 2.45) is 0 Å². The maximum Gasteiger partial charge on any atom is 0.416 e. The molecule has 0 aliphatic rings. The van der Waals surface area contributed by atoms with Gasteiger partial charge in [-0.2, -0.15) is 26.3 Å². The Kier molecular flexibility index (Phi) is 13.1. The van der Waals surface area contributed by atoms with Gasteiger partial charge in [0.1, 0.15) is 0 Å². The number of fused-ring (bicyclic) bond motifs is 1. The molecule has 0 radical (unpaired) electrons. The van der Waals surface area contributed by atoms with Gasteiger partial charge in [-0.25, -0.2) is 0 Å². The molecule has 300 valence electrons. The molecule has 0 aliphatic heterocycles. The minimum absolute atomic E-state index is 0.0889. The van der Waals surface area contributed by atoms with Gasteiger partial charge in [0.05, 0.1) is 33.9 Å². The maximum atomic E-state index is 12.7. The summed E-state index contributed by atoms with van der Waals surface area (Å²) in [5.41, 5.74) is 38.2. The highest BCUT2D eigenvalue weighted by Crippen LogP contribution is 2.34. The third kappa shape index (κ3) is 11.2. The Bertz CT molecular complexity index is 2210. The Morgan fingerprint density at radius 2 is 0.860 bits per heavy atom. The van der Waals surface area contributed by atoms with Crippen molar-refractivity contribution in [3.8, 4) is 0 Å². The summed E-state index contributed by atoms with van der Waals surface area (Å²) in [6.45, 7) is 0. The van der Waals surface area contributed by atoms with Gasteiger partial charge in [-0.15, -0.1) is 0 Å². The standard InChI is InChI=1S/C17H22N4O.C15H12F6N2.C10H10N2/c1-20(2)15-7-5-11(9-13(15)18)17(22)12-6-8-16(21(3)4)14(19)10-12;16-14(17,18)10-2-8(4-12(22)6-10)1-9-3-11(15(19,20)21)7-13(23)5-9;11-9-5-1-3-7-8(9)4-2-6-10(7)12/h5-10H,18-19H2,1-4H3;2-7H,1,22-23H2;1-6H,11-12H2. The summed E-state index contributed by atoms with van der Waals surface area (Å²) in [6, 6.07) is 28.0. The Balaban J connectivity index is 0.000000198. The van der Waals surface area contributed by atoms with E-state index < -0.39 is 23.5 Å². The van der Waals surface area contributed by atoms with E-state index in [0.717, 1.165) is 57.8 Å². The van der Waals surface area contributed by atoms with E-state index in [0.29, 0.717) is 22.5 Å². The molecular weight excluding hydrogens is 747 g/mol. The number of nitrogens with two attached hydrogens (primary N) is 6. The van der Waals surface area contributed by atoms with E-state index in [9.17, 15) is 31.1 Å². The van der Waals surface area contributed by atoms with Crippen molar-refractivity contribution in [3.05, 3.63) is 143 Å². The number of halogens is 6. The summed E-state index contributed by atoms with van der Waals surface area (Å²) >= 11 is 0. The van der Waals surface area contributed by atoms with Crippen molar-refractivity contribution in [3.63, 3.8) is 0 Å². The molecule has 0 aromatic heterocycles. The third-order valence-corrected chi connectivity index (χ3v) is 8.63. The summed E-state index contributed by atoms with van der Waals surface area (Å²) in [5, 5.41) is 2.05. The van der Waals surface area contributed by atoms with Crippen LogP contribution in [0.5, 0.6) is 0 Å². The highest BCUT2D eigenvalue weighted by Gasteiger charge is 2.32. The van der Waals surface area contributed by atoms with Gasteiger partial charge >= 0.3 is 12.4 Å². The molecule has 57 heavy (non-hydrogen) atoms. The minimum atomic E-state index is -4.59. The fourth-order valence-corrected chi connectivity index (χ4v) is 5.94.